The molecule has 8 heteroatoms. The van der Waals surface area contributed by atoms with E-state index < -0.39 is 18.1 Å². The summed E-state index contributed by atoms with van der Waals surface area (Å²) in [5, 5.41) is 15.9. The molecule has 0 radical (unpaired) electrons. The van der Waals surface area contributed by atoms with Gasteiger partial charge in [0.05, 0.1) is 29.3 Å². The average molecular weight is 426 g/mol. The van der Waals surface area contributed by atoms with Crippen LogP contribution in [0.3, 0.4) is 0 Å². The summed E-state index contributed by atoms with van der Waals surface area (Å²) in [5.41, 5.74) is 3.96. The van der Waals surface area contributed by atoms with Crippen LogP contribution in [0.1, 0.15) is 33.2 Å². The van der Waals surface area contributed by atoms with Crippen molar-refractivity contribution < 1.29 is 24.2 Å². The van der Waals surface area contributed by atoms with E-state index in [0.717, 1.165) is 27.6 Å². The second kappa shape index (κ2) is 7.04. The van der Waals surface area contributed by atoms with Crippen molar-refractivity contribution in [1.82, 2.24) is 9.88 Å². The lowest BCUT2D eigenvalue weighted by atomic mass is 9.89. The number of hydrogen-bond donors (Lipinski definition) is 1. The number of carbonyl (C=O) groups excluding carboxylic acids is 2. The van der Waals surface area contributed by atoms with Crippen LogP contribution >= 0.6 is 11.6 Å². The number of rotatable bonds is 3. The summed E-state index contributed by atoms with van der Waals surface area (Å²) in [7, 11) is 0. The molecule has 30 heavy (non-hydrogen) atoms. The predicted molar refractivity (Wildman–Crippen MR) is 108 cm³/mol. The van der Waals surface area contributed by atoms with E-state index in [0.29, 0.717) is 17.2 Å². The van der Waals surface area contributed by atoms with Crippen molar-refractivity contribution in [3.8, 4) is 11.5 Å². The number of ether oxygens (including phenoxy) is 2. The monoisotopic (exact) mass is 425 g/mol. The Hall–Kier alpha value is -3.03. The van der Waals surface area contributed by atoms with Gasteiger partial charge in [-0.05, 0) is 48.2 Å². The Bertz CT molecular complexity index is 1200. The van der Waals surface area contributed by atoms with E-state index in [1.165, 1.54) is 0 Å². The number of alkyl halides is 1. The molecule has 2 aliphatic heterocycles. The van der Waals surface area contributed by atoms with E-state index >= 15 is 0 Å². The van der Waals surface area contributed by atoms with Crippen molar-refractivity contribution in [2.75, 3.05) is 12.7 Å². The quantitative estimate of drug-likeness (QED) is 0.644. The standard InChI is InChI=1S/C22H19ClN2O5/c1-11-3-2-4-15-19(11)13-8-14(22(27)28)24-20(21(13)25(15)18(26)9-23)12-5-6-16-17(7-12)30-10-29-16/h2-7,14,20,24H,8-10H2,1H3,(H,27,28)/p-1/t14-,20-/m1/s1. The third-order valence-corrected chi connectivity index (χ3v) is 6.00. The number of carboxylic acid groups (broad SMARTS) is 1. The summed E-state index contributed by atoms with van der Waals surface area (Å²) in [6.07, 6.45) is 0.211. The van der Waals surface area contributed by atoms with Crippen LogP contribution in [0.2, 0.25) is 0 Å². The first-order chi connectivity index (χ1) is 14.5. The van der Waals surface area contributed by atoms with Crippen molar-refractivity contribution >= 4 is 34.4 Å². The summed E-state index contributed by atoms with van der Waals surface area (Å²) in [6, 6.07) is 9.64. The molecule has 0 fully saturated rings. The van der Waals surface area contributed by atoms with E-state index in [1.54, 1.807) is 10.6 Å². The molecule has 7 nitrogen and oxygen atoms in total. The van der Waals surface area contributed by atoms with E-state index in [9.17, 15) is 14.7 Å². The van der Waals surface area contributed by atoms with Crippen molar-refractivity contribution in [3.63, 3.8) is 0 Å². The second-order valence-corrected chi connectivity index (χ2v) is 7.75. The largest absolute Gasteiger partial charge is 0.548 e. The van der Waals surface area contributed by atoms with E-state index in [1.807, 2.05) is 37.3 Å². The maximum atomic E-state index is 12.9. The number of aryl methyl sites for hydroxylation is 1. The molecule has 3 aromatic rings. The first-order valence-corrected chi connectivity index (χ1v) is 10.1. The number of aliphatic carboxylic acids is 1. The molecule has 2 aromatic carbocycles. The Labute approximate surface area is 177 Å². The molecule has 0 saturated carbocycles. The molecule has 0 saturated heterocycles. The molecule has 2 atom stereocenters. The smallest absolute Gasteiger partial charge is 0.246 e. The lowest BCUT2D eigenvalue weighted by molar-refractivity contribution is -0.308. The van der Waals surface area contributed by atoms with Gasteiger partial charge in [-0.1, -0.05) is 18.2 Å². The van der Waals surface area contributed by atoms with Crippen LogP contribution in [0.4, 0.5) is 0 Å². The Balaban J connectivity index is 1.80. The fourth-order valence-electron chi connectivity index (χ4n) is 4.50. The van der Waals surface area contributed by atoms with Gasteiger partial charge in [0.1, 0.15) is 5.88 Å². The third kappa shape index (κ3) is 2.77. The Morgan fingerprint density at radius 1 is 1.23 bits per heavy atom. The highest BCUT2D eigenvalue weighted by molar-refractivity contribution is 6.28. The van der Waals surface area contributed by atoms with Gasteiger partial charge in [0, 0.05) is 5.39 Å². The number of fused-ring (bicyclic) bond motifs is 4. The van der Waals surface area contributed by atoms with Gasteiger partial charge in [-0.15, -0.1) is 11.6 Å². The van der Waals surface area contributed by atoms with Gasteiger partial charge >= 0.3 is 0 Å². The minimum Gasteiger partial charge on any atom is -0.548 e. The van der Waals surface area contributed by atoms with Crippen molar-refractivity contribution in [2.45, 2.75) is 25.4 Å². The summed E-state index contributed by atoms with van der Waals surface area (Å²) in [4.78, 5) is 24.7. The Morgan fingerprint density at radius 3 is 2.80 bits per heavy atom. The summed E-state index contributed by atoms with van der Waals surface area (Å²) >= 11 is 5.94. The van der Waals surface area contributed by atoms with Gasteiger partial charge in [-0.2, -0.15) is 0 Å². The number of nitrogens with one attached hydrogen (secondary N) is 1. The number of halogens is 1. The fourth-order valence-corrected chi connectivity index (χ4v) is 4.62. The topological polar surface area (TPSA) is 92.6 Å². The van der Waals surface area contributed by atoms with Gasteiger partial charge in [-0.25, -0.2) is 0 Å². The van der Waals surface area contributed by atoms with Gasteiger partial charge in [-0.3, -0.25) is 14.7 Å². The third-order valence-electron chi connectivity index (χ3n) is 5.77. The molecule has 0 amide bonds. The van der Waals surface area contributed by atoms with Gasteiger partial charge < -0.3 is 19.4 Å². The molecule has 2 aliphatic rings. The van der Waals surface area contributed by atoms with Crippen LogP contribution < -0.4 is 19.9 Å². The highest BCUT2D eigenvalue weighted by Crippen LogP contribution is 2.41. The normalized spacial score (nSPS) is 19.7. The van der Waals surface area contributed by atoms with Gasteiger partial charge in [0.15, 0.2) is 11.5 Å². The maximum Gasteiger partial charge on any atom is 0.246 e. The predicted octanol–water partition coefficient (Wildman–Crippen LogP) is 1.91. The number of carboxylic acids is 1. The SMILES string of the molecule is Cc1cccc2c1c1c(n2C(=O)CCl)[C@@H](c2ccc3c(c2)OCO3)N[C@@H](C(=O)[O-])C1. The number of carbonyl (C=O) groups is 2. The van der Waals surface area contributed by atoms with Crippen LogP contribution in [0, 0.1) is 6.92 Å². The fraction of sp³-hybridized carbons (Fsp3) is 0.273. The molecule has 1 aromatic heterocycles. The average Bonchev–Trinajstić information content (AvgIpc) is 3.34. The molecule has 0 unspecified atom stereocenters. The lowest BCUT2D eigenvalue weighted by Crippen LogP contribution is -2.51. The highest BCUT2D eigenvalue weighted by Gasteiger charge is 2.36. The number of aromatic nitrogens is 1. The second-order valence-electron chi connectivity index (χ2n) is 7.48. The molecule has 154 valence electrons. The molecule has 0 aliphatic carbocycles. The lowest BCUT2D eigenvalue weighted by Gasteiger charge is -2.33. The number of benzene rings is 2. The molecule has 5 rings (SSSR count). The zero-order chi connectivity index (χ0) is 21.0. The zero-order valence-electron chi connectivity index (χ0n) is 16.1. The number of hydrogen-bond acceptors (Lipinski definition) is 6. The zero-order valence-corrected chi connectivity index (χ0v) is 16.9. The van der Waals surface area contributed by atoms with Gasteiger partial charge in [0.2, 0.25) is 12.7 Å². The van der Waals surface area contributed by atoms with E-state index in [-0.39, 0.29) is 25.0 Å². The van der Waals surface area contributed by atoms with Crippen LogP contribution in [0.5, 0.6) is 11.5 Å². The Morgan fingerprint density at radius 2 is 2.03 bits per heavy atom. The van der Waals surface area contributed by atoms with E-state index in [2.05, 4.69) is 5.32 Å². The minimum atomic E-state index is -1.19. The number of nitrogens with zero attached hydrogens (tertiary/aromatic N) is 1. The summed E-state index contributed by atoms with van der Waals surface area (Å²) in [5.74, 6) is -0.451. The highest BCUT2D eigenvalue weighted by atomic mass is 35.5. The maximum absolute atomic E-state index is 12.9. The molecule has 3 heterocycles. The van der Waals surface area contributed by atoms with Gasteiger partial charge in [0.25, 0.3) is 0 Å². The van der Waals surface area contributed by atoms with E-state index in [4.69, 9.17) is 21.1 Å². The molecular weight excluding hydrogens is 408 g/mol. The summed E-state index contributed by atoms with van der Waals surface area (Å²) < 4.78 is 12.5. The minimum absolute atomic E-state index is 0.133. The molecular formula is C22H18ClN2O5-. The van der Waals surface area contributed by atoms with Crippen molar-refractivity contribution in [2.24, 2.45) is 0 Å². The van der Waals surface area contributed by atoms with Crippen LogP contribution in [0.25, 0.3) is 10.9 Å². The molecule has 0 spiro atoms. The van der Waals surface area contributed by atoms with Crippen molar-refractivity contribution in [1.29, 1.82) is 0 Å². The van der Waals surface area contributed by atoms with Crippen LogP contribution in [-0.4, -0.2) is 35.2 Å². The Kier molecular flexibility index (Phi) is 4.45. The van der Waals surface area contributed by atoms with Crippen molar-refractivity contribution in [3.05, 3.63) is 58.8 Å². The van der Waals surface area contributed by atoms with Crippen LogP contribution in [0.15, 0.2) is 36.4 Å². The molecule has 0 bridgehead atoms. The van der Waals surface area contributed by atoms with Crippen LogP contribution in [-0.2, 0) is 11.2 Å². The summed E-state index contributed by atoms with van der Waals surface area (Å²) in [6.45, 7) is 2.08. The molecule has 1 N–H and O–H groups in total. The first kappa shape index (κ1) is 19.0. The first-order valence-electron chi connectivity index (χ1n) is 9.58.